The van der Waals surface area contributed by atoms with Gasteiger partial charge in [-0.3, -0.25) is 9.59 Å². The molecule has 1 aliphatic rings. The molecule has 1 atom stereocenters. The number of hydrogen-bond donors (Lipinski definition) is 1. The standard InChI is InChI=1S/C10H18N2O3/c1-8-7-12(6-5-11(8)2)9(13)3-4-10(14)15/h8H,3-7H2,1-2H3,(H,14,15). The average molecular weight is 214 g/mol. The summed E-state index contributed by atoms with van der Waals surface area (Å²) in [6.07, 6.45) is 0.0469. The van der Waals surface area contributed by atoms with E-state index in [9.17, 15) is 9.59 Å². The van der Waals surface area contributed by atoms with Crippen LogP contribution >= 0.6 is 0 Å². The van der Waals surface area contributed by atoms with Crippen molar-refractivity contribution in [2.45, 2.75) is 25.8 Å². The van der Waals surface area contributed by atoms with Crippen LogP contribution in [0.25, 0.3) is 0 Å². The number of likely N-dealkylation sites (N-methyl/N-ethyl adjacent to an activating group) is 1. The van der Waals surface area contributed by atoms with Crippen LogP contribution in [0.3, 0.4) is 0 Å². The summed E-state index contributed by atoms with van der Waals surface area (Å²) >= 11 is 0. The monoisotopic (exact) mass is 214 g/mol. The molecule has 1 fully saturated rings. The average Bonchev–Trinajstić information content (AvgIpc) is 2.18. The van der Waals surface area contributed by atoms with Crippen molar-refractivity contribution in [3.05, 3.63) is 0 Å². The van der Waals surface area contributed by atoms with Crippen LogP contribution < -0.4 is 0 Å². The highest BCUT2D eigenvalue weighted by atomic mass is 16.4. The molecule has 86 valence electrons. The highest BCUT2D eigenvalue weighted by Gasteiger charge is 2.24. The maximum absolute atomic E-state index is 11.6. The maximum atomic E-state index is 11.6. The van der Waals surface area contributed by atoms with Gasteiger partial charge >= 0.3 is 5.97 Å². The number of rotatable bonds is 3. The highest BCUT2D eigenvalue weighted by Crippen LogP contribution is 2.08. The number of carbonyl (C=O) groups is 2. The Labute approximate surface area is 89.7 Å². The topological polar surface area (TPSA) is 60.9 Å². The van der Waals surface area contributed by atoms with E-state index >= 15 is 0 Å². The zero-order chi connectivity index (χ0) is 11.4. The minimum Gasteiger partial charge on any atom is -0.481 e. The first-order valence-electron chi connectivity index (χ1n) is 5.20. The van der Waals surface area contributed by atoms with Crippen molar-refractivity contribution in [3.8, 4) is 0 Å². The van der Waals surface area contributed by atoms with Crippen molar-refractivity contribution in [1.29, 1.82) is 0 Å². The Hall–Kier alpha value is -1.10. The third-order valence-corrected chi connectivity index (χ3v) is 2.87. The smallest absolute Gasteiger partial charge is 0.303 e. The molecule has 0 aromatic rings. The number of aliphatic carboxylic acids is 1. The number of piperazine rings is 1. The molecule has 15 heavy (non-hydrogen) atoms. The van der Waals surface area contributed by atoms with Crippen molar-refractivity contribution in [2.24, 2.45) is 0 Å². The van der Waals surface area contributed by atoms with E-state index in [1.54, 1.807) is 4.90 Å². The second-order valence-corrected chi connectivity index (χ2v) is 4.06. The fourth-order valence-electron chi connectivity index (χ4n) is 1.65. The first-order chi connectivity index (χ1) is 7.00. The Morgan fingerprint density at radius 2 is 2.00 bits per heavy atom. The Bertz CT molecular complexity index is 255. The summed E-state index contributed by atoms with van der Waals surface area (Å²) in [6, 6.07) is 0.354. The van der Waals surface area contributed by atoms with Crippen LogP contribution in [0.1, 0.15) is 19.8 Å². The summed E-state index contributed by atoms with van der Waals surface area (Å²) in [7, 11) is 2.03. The fraction of sp³-hybridized carbons (Fsp3) is 0.800. The van der Waals surface area contributed by atoms with Gasteiger partial charge in [0, 0.05) is 32.1 Å². The molecule has 1 aliphatic heterocycles. The van der Waals surface area contributed by atoms with Crippen LogP contribution in [0.4, 0.5) is 0 Å². The van der Waals surface area contributed by atoms with Crippen LogP contribution in [0.5, 0.6) is 0 Å². The third kappa shape index (κ3) is 3.51. The van der Waals surface area contributed by atoms with Gasteiger partial charge in [-0.15, -0.1) is 0 Å². The van der Waals surface area contributed by atoms with Gasteiger partial charge in [0.2, 0.25) is 5.91 Å². The van der Waals surface area contributed by atoms with Crippen LogP contribution in [-0.4, -0.2) is 59.5 Å². The lowest BCUT2D eigenvalue weighted by atomic mass is 10.2. The Kier molecular flexibility index (Phi) is 4.08. The van der Waals surface area contributed by atoms with Gasteiger partial charge in [0.05, 0.1) is 6.42 Å². The van der Waals surface area contributed by atoms with Gasteiger partial charge in [0.15, 0.2) is 0 Å². The summed E-state index contributed by atoms with van der Waals surface area (Å²) in [5, 5.41) is 8.48. The van der Waals surface area contributed by atoms with Gasteiger partial charge in [0.25, 0.3) is 0 Å². The number of nitrogens with zero attached hydrogens (tertiary/aromatic N) is 2. The quantitative estimate of drug-likeness (QED) is 0.719. The number of amides is 1. The van der Waals surface area contributed by atoms with Crippen molar-refractivity contribution >= 4 is 11.9 Å². The third-order valence-electron chi connectivity index (χ3n) is 2.87. The molecule has 5 nitrogen and oxygen atoms in total. The predicted molar refractivity (Wildman–Crippen MR) is 55.5 cm³/mol. The van der Waals surface area contributed by atoms with E-state index in [-0.39, 0.29) is 18.7 Å². The minimum atomic E-state index is -0.912. The van der Waals surface area contributed by atoms with Gasteiger partial charge in [-0.25, -0.2) is 0 Å². The van der Waals surface area contributed by atoms with Crippen LogP contribution in [0.15, 0.2) is 0 Å². The molecule has 1 saturated heterocycles. The van der Waals surface area contributed by atoms with E-state index in [1.165, 1.54) is 0 Å². The van der Waals surface area contributed by atoms with Crippen molar-refractivity contribution in [2.75, 3.05) is 26.7 Å². The molecule has 0 spiro atoms. The molecule has 1 rings (SSSR count). The molecular weight excluding hydrogens is 196 g/mol. The SMILES string of the molecule is CC1CN(C(=O)CCC(=O)O)CCN1C. The number of carbonyl (C=O) groups excluding carboxylic acids is 1. The molecule has 0 aromatic heterocycles. The summed E-state index contributed by atoms with van der Waals surface area (Å²) in [4.78, 5) is 25.9. The summed E-state index contributed by atoms with van der Waals surface area (Å²) in [5.41, 5.74) is 0. The van der Waals surface area contributed by atoms with E-state index in [0.717, 1.165) is 6.54 Å². The van der Waals surface area contributed by atoms with Gasteiger partial charge in [-0.2, -0.15) is 0 Å². The van der Waals surface area contributed by atoms with E-state index in [2.05, 4.69) is 11.8 Å². The summed E-state index contributed by atoms with van der Waals surface area (Å²) < 4.78 is 0. The molecule has 0 aromatic carbocycles. The zero-order valence-electron chi connectivity index (χ0n) is 9.27. The Balaban J connectivity index is 2.37. The minimum absolute atomic E-state index is 0.0441. The second-order valence-electron chi connectivity index (χ2n) is 4.06. The fourth-order valence-corrected chi connectivity index (χ4v) is 1.65. The lowest BCUT2D eigenvalue weighted by molar-refractivity contribution is -0.141. The van der Waals surface area contributed by atoms with Gasteiger partial charge in [0.1, 0.15) is 0 Å². The Morgan fingerprint density at radius 3 is 2.53 bits per heavy atom. The van der Waals surface area contributed by atoms with E-state index in [4.69, 9.17) is 5.11 Å². The second kappa shape index (κ2) is 5.11. The lowest BCUT2D eigenvalue weighted by Crippen LogP contribution is -2.52. The number of carboxylic acid groups (broad SMARTS) is 1. The largest absolute Gasteiger partial charge is 0.481 e. The molecule has 0 saturated carbocycles. The van der Waals surface area contributed by atoms with Crippen LogP contribution in [-0.2, 0) is 9.59 Å². The normalized spacial score (nSPS) is 22.8. The van der Waals surface area contributed by atoms with Gasteiger partial charge < -0.3 is 14.9 Å². The Morgan fingerprint density at radius 1 is 1.33 bits per heavy atom. The molecule has 0 aliphatic carbocycles. The van der Waals surface area contributed by atoms with Crippen molar-refractivity contribution in [3.63, 3.8) is 0 Å². The van der Waals surface area contributed by atoms with Crippen LogP contribution in [0.2, 0.25) is 0 Å². The van der Waals surface area contributed by atoms with Crippen molar-refractivity contribution < 1.29 is 14.7 Å². The summed E-state index contributed by atoms with van der Waals surface area (Å²) in [5.74, 6) is -0.956. The van der Waals surface area contributed by atoms with Gasteiger partial charge in [-0.1, -0.05) is 0 Å². The summed E-state index contributed by atoms with van der Waals surface area (Å²) in [6.45, 7) is 4.34. The predicted octanol–water partition coefficient (Wildman–Crippen LogP) is 0.0137. The number of carboxylic acids is 1. The lowest BCUT2D eigenvalue weighted by Gasteiger charge is -2.37. The van der Waals surface area contributed by atoms with E-state index in [0.29, 0.717) is 19.1 Å². The molecule has 0 radical (unpaired) electrons. The molecule has 1 amide bonds. The molecule has 5 heteroatoms. The molecule has 1 unspecified atom stereocenters. The van der Waals surface area contributed by atoms with Crippen molar-refractivity contribution in [1.82, 2.24) is 9.80 Å². The molecular formula is C10H18N2O3. The van der Waals surface area contributed by atoms with Gasteiger partial charge in [-0.05, 0) is 14.0 Å². The molecule has 1 heterocycles. The zero-order valence-corrected chi connectivity index (χ0v) is 9.27. The first kappa shape index (κ1) is 12.0. The number of hydrogen-bond acceptors (Lipinski definition) is 3. The van der Waals surface area contributed by atoms with Crippen LogP contribution in [0, 0.1) is 0 Å². The van der Waals surface area contributed by atoms with E-state index < -0.39 is 5.97 Å². The highest BCUT2D eigenvalue weighted by molar-refractivity contribution is 5.80. The van der Waals surface area contributed by atoms with E-state index in [1.807, 2.05) is 7.05 Å². The maximum Gasteiger partial charge on any atom is 0.303 e. The molecule has 1 N–H and O–H groups in total. The molecule has 0 bridgehead atoms. The first-order valence-corrected chi connectivity index (χ1v) is 5.20.